The molecule has 1 unspecified atom stereocenters. The monoisotopic (exact) mass is 465 g/mol. The molecular weight excluding hydrogens is 438 g/mol. The topological polar surface area (TPSA) is 72.9 Å². The molecule has 1 amide bonds. The lowest BCUT2D eigenvalue weighted by molar-refractivity contribution is 0.0507. The molecule has 0 bridgehead atoms. The first-order chi connectivity index (χ1) is 15.9. The van der Waals surface area contributed by atoms with Gasteiger partial charge in [0.05, 0.1) is 12.4 Å². The van der Waals surface area contributed by atoms with Gasteiger partial charge in [-0.25, -0.2) is 0 Å². The first kappa shape index (κ1) is 23.0. The van der Waals surface area contributed by atoms with Crippen LogP contribution in [-0.4, -0.2) is 44.7 Å². The number of nitrogens with zero attached hydrogens (tertiary/aromatic N) is 1. The number of hydrogen-bond acceptors (Lipinski definition) is 5. The summed E-state index contributed by atoms with van der Waals surface area (Å²) >= 11 is 0. The zero-order valence-electron chi connectivity index (χ0n) is 18.5. The van der Waals surface area contributed by atoms with E-state index in [2.05, 4.69) is 0 Å². The minimum Gasteiger partial charge on any atom is -0.383 e. The van der Waals surface area contributed by atoms with E-state index in [4.69, 9.17) is 8.92 Å². The SMILES string of the molecule is CS(=O)(=O)Oc1ccc(CN(CC2CCCO2)C(=O)c2ccc(-c3ccccc3)cc2)cc1. The minimum atomic E-state index is -3.58. The first-order valence-corrected chi connectivity index (χ1v) is 12.7. The summed E-state index contributed by atoms with van der Waals surface area (Å²) in [4.78, 5) is 15.2. The third-order valence-electron chi connectivity index (χ3n) is 5.52. The molecule has 3 aromatic rings. The van der Waals surface area contributed by atoms with Gasteiger partial charge < -0.3 is 13.8 Å². The van der Waals surface area contributed by atoms with Crippen molar-refractivity contribution >= 4 is 16.0 Å². The summed E-state index contributed by atoms with van der Waals surface area (Å²) in [6.45, 7) is 1.61. The van der Waals surface area contributed by atoms with Gasteiger partial charge in [0, 0.05) is 25.3 Å². The van der Waals surface area contributed by atoms with Crippen molar-refractivity contribution in [2.45, 2.75) is 25.5 Å². The van der Waals surface area contributed by atoms with Gasteiger partial charge in [0.15, 0.2) is 0 Å². The van der Waals surface area contributed by atoms with Gasteiger partial charge in [-0.3, -0.25) is 4.79 Å². The van der Waals surface area contributed by atoms with Gasteiger partial charge in [-0.15, -0.1) is 0 Å². The van der Waals surface area contributed by atoms with Gasteiger partial charge in [-0.2, -0.15) is 8.42 Å². The van der Waals surface area contributed by atoms with Crippen LogP contribution in [-0.2, 0) is 21.4 Å². The van der Waals surface area contributed by atoms with Gasteiger partial charge in [0.25, 0.3) is 5.91 Å². The quantitative estimate of drug-likeness (QED) is 0.458. The van der Waals surface area contributed by atoms with Crippen LogP contribution in [0, 0.1) is 0 Å². The summed E-state index contributed by atoms with van der Waals surface area (Å²) in [5, 5.41) is 0. The maximum atomic E-state index is 13.4. The fraction of sp³-hybridized carbons (Fsp3) is 0.269. The van der Waals surface area contributed by atoms with Crippen molar-refractivity contribution in [3.05, 3.63) is 90.0 Å². The highest BCUT2D eigenvalue weighted by molar-refractivity contribution is 7.86. The van der Waals surface area contributed by atoms with Crippen LogP contribution in [0.2, 0.25) is 0 Å². The normalized spacial score (nSPS) is 15.8. The van der Waals surface area contributed by atoms with Gasteiger partial charge >= 0.3 is 10.1 Å². The van der Waals surface area contributed by atoms with Crippen LogP contribution in [0.3, 0.4) is 0 Å². The molecule has 7 heteroatoms. The van der Waals surface area contributed by atoms with E-state index in [-0.39, 0.29) is 17.8 Å². The van der Waals surface area contributed by atoms with E-state index in [1.165, 1.54) is 0 Å². The molecule has 6 nitrogen and oxygen atoms in total. The summed E-state index contributed by atoms with van der Waals surface area (Å²) in [6.07, 6.45) is 2.95. The molecule has 1 aliphatic heterocycles. The van der Waals surface area contributed by atoms with Gasteiger partial charge in [-0.05, 0) is 53.8 Å². The lowest BCUT2D eigenvalue weighted by Gasteiger charge is -2.26. The highest BCUT2D eigenvalue weighted by Crippen LogP contribution is 2.22. The molecule has 0 aromatic heterocycles. The molecule has 33 heavy (non-hydrogen) atoms. The minimum absolute atomic E-state index is 0.0189. The number of ether oxygens (including phenoxy) is 1. The van der Waals surface area contributed by atoms with Crippen LogP contribution in [0.15, 0.2) is 78.9 Å². The number of hydrogen-bond donors (Lipinski definition) is 0. The largest absolute Gasteiger partial charge is 0.383 e. The Labute approximate surface area is 194 Å². The summed E-state index contributed by atoms with van der Waals surface area (Å²) in [5.41, 5.74) is 3.65. The lowest BCUT2D eigenvalue weighted by Crippen LogP contribution is -2.37. The number of benzene rings is 3. The van der Waals surface area contributed by atoms with E-state index < -0.39 is 10.1 Å². The number of rotatable bonds is 8. The Bertz CT molecular complexity index is 1170. The zero-order chi connectivity index (χ0) is 23.3. The molecule has 1 aliphatic rings. The summed E-state index contributed by atoms with van der Waals surface area (Å²) in [6, 6.07) is 24.4. The van der Waals surface area contributed by atoms with Crippen LogP contribution in [0.5, 0.6) is 5.75 Å². The van der Waals surface area contributed by atoms with Crippen LogP contribution in [0.4, 0.5) is 0 Å². The smallest absolute Gasteiger partial charge is 0.306 e. The average molecular weight is 466 g/mol. The van der Waals surface area contributed by atoms with Crippen molar-refractivity contribution in [3.8, 4) is 16.9 Å². The van der Waals surface area contributed by atoms with Gasteiger partial charge in [-0.1, -0.05) is 54.6 Å². The van der Waals surface area contributed by atoms with E-state index in [0.717, 1.165) is 42.4 Å². The molecule has 0 saturated carbocycles. The third-order valence-corrected chi connectivity index (χ3v) is 6.01. The van der Waals surface area contributed by atoms with Gasteiger partial charge in [0.2, 0.25) is 0 Å². The lowest BCUT2D eigenvalue weighted by atomic mass is 10.0. The Morgan fingerprint density at radius 2 is 1.64 bits per heavy atom. The molecule has 1 atom stereocenters. The molecule has 0 spiro atoms. The second-order valence-corrected chi connectivity index (χ2v) is 9.77. The standard InChI is InChI=1S/C26H27NO5S/c1-33(29,30)32-24-15-9-20(10-16-24)18-27(19-25-8-5-17-31-25)26(28)23-13-11-22(12-14-23)21-6-3-2-4-7-21/h2-4,6-7,9-16,25H,5,8,17-19H2,1H3. The zero-order valence-corrected chi connectivity index (χ0v) is 19.3. The van der Waals surface area contributed by atoms with Crippen molar-refractivity contribution < 1.29 is 22.1 Å². The molecule has 0 radical (unpaired) electrons. The van der Waals surface area contributed by atoms with Crippen molar-refractivity contribution in [3.63, 3.8) is 0 Å². The molecule has 172 valence electrons. The Balaban J connectivity index is 1.51. The second kappa shape index (κ2) is 10.2. The molecule has 0 N–H and O–H groups in total. The van der Waals surface area contributed by atoms with Crippen LogP contribution in [0.25, 0.3) is 11.1 Å². The molecule has 4 rings (SSSR count). The summed E-state index contributed by atoms with van der Waals surface area (Å²) in [5.74, 6) is 0.177. The van der Waals surface area contributed by atoms with E-state index in [1.54, 1.807) is 29.2 Å². The molecule has 1 heterocycles. The number of carbonyl (C=O) groups is 1. The van der Waals surface area contributed by atoms with Gasteiger partial charge in [0.1, 0.15) is 5.75 Å². The summed E-state index contributed by atoms with van der Waals surface area (Å²) in [7, 11) is -3.58. The predicted octanol–water partition coefficient (Wildman–Crippen LogP) is 4.51. The molecule has 1 saturated heterocycles. The molecular formula is C26H27NO5S. The maximum Gasteiger partial charge on any atom is 0.306 e. The van der Waals surface area contributed by atoms with Crippen LogP contribution in [0.1, 0.15) is 28.8 Å². The van der Waals surface area contributed by atoms with Crippen LogP contribution < -0.4 is 4.18 Å². The van der Waals surface area contributed by atoms with E-state index >= 15 is 0 Å². The van der Waals surface area contributed by atoms with Crippen molar-refractivity contribution in [2.24, 2.45) is 0 Å². The number of carbonyl (C=O) groups excluding carboxylic acids is 1. The van der Waals surface area contributed by atoms with Crippen molar-refractivity contribution in [1.82, 2.24) is 4.90 Å². The van der Waals surface area contributed by atoms with E-state index in [0.29, 0.717) is 18.7 Å². The fourth-order valence-corrected chi connectivity index (χ4v) is 4.38. The highest BCUT2D eigenvalue weighted by Gasteiger charge is 2.24. The first-order valence-electron chi connectivity index (χ1n) is 10.9. The Morgan fingerprint density at radius 3 is 2.24 bits per heavy atom. The fourth-order valence-electron chi connectivity index (χ4n) is 3.92. The van der Waals surface area contributed by atoms with E-state index in [1.807, 2.05) is 54.6 Å². The molecule has 3 aromatic carbocycles. The summed E-state index contributed by atoms with van der Waals surface area (Å²) < 4.78 is 33.3. The Hall–Kier alpha value is -3.16. The maximum absolute atomic E-state index is 13.4. The van der Waals surface area contributed by atoms with E-state index in [9.17, 15) is 13.2 Å². The third kappa shape index (κ3) is 6.43. The average Bonchev–Trinajstić information content (AvgIpc) is 3.32. The molecule has 0 aliphatic carbocycles. The highest BCUT2D eigenvalue weighted by atomic mass is 32.2. The Morgan fingerprint density at radius 1 is 0.970 bits per heavy atom. The molecule has 1 fully saturated rings. The number of amides is 1. The van der Waals surface area contributed by atoms with Crippen LogP contribution >= 0.6 is 0 Å². The van der Waals surface area contributed by atoms with Crippen molar-refractivity contribution in [1.29, 1.82) is 0 Å². The Kier molecular flexibility index (Phi) is 7.11. The van der Waals surface area contributed by atoms with Crippen molar-refractivity contribution in [2.75, 3.05) is 19.4 Å². The predicted molar refractivity (Wildman–Crippen MR) is 128 cm³/mol. The second-order valence-electron chi connectivity index (χ2n) is 8.20.